The molecule has 18 heavy (non-hydrogen) atoms. The zero-order valence-corrected chi connectivity index (χ0v) is 12.2. The average Bonchev–Trinajstić information content (AvgIpc) is 2.28. The lowest BCUT2D eigenvalue weighted by atomic mass is 10.1. The fourth-order valence-electron chi connectivity index (χ4n) is 2.20. The number of hydrogen-bond donors (Lipinski definition) is 2. The molecule has 3 nitrogen and oxygen atoms in total. The Balaban J connectivity index is 2.85. The van der Waals surface area contributed by atoms with Crippen LogP contribution in [0.25, 0.3) is 0 Å². The van der Waals surface area contributed by atoms with Gasteiger partial charge in [0.15, 0.2) is 0 Å². The summed E-state index contributed by atoms with van der Waals surface area (Å²) in [5, 5.41) is 13.4. The van der Waals surface area contributed by atoms with E-state index in [9.17, 15) is 5.11 Å². The van der Waals surface area contributed by atoms with Crippen LogP contribution in [0, 0.1) is 5.92 Å². The fraction of sp³-hybridized carbons (Fsp3) is 0.600. The van der Waals surface area contributed by atoms with Gasteiger partial charge in [-0.2, -0.15) is 0 Å². The van der Waals surface area contributed by atoms with Crippen LogP contribution in [0.1, 0.15) is 39.3 Å². The van der Waals surface area contributed by atoms with Crippen LogP contribution in [0.2, 0.25) is 0 Å². The molecule has 0 aliphatic heterocycles. The molecule has 3 heteroatoms. The maximum absolute atomic E-state index is 10.1. The van der Waals surface area contributed by atoms with Crippen LogP contribution in [-0.4, -0.2) is 25.2 Å². The van der Waals surface area contributed by atoms with E-state index in [4.69, 9.17) is 0 Å². The highest BCUT2D eigenvalue weighted by Crippen LogP contribution is 2.28. The van der Waals surface area contributed by atoms with E-state index >= 15 is 0 Å². The maximum atomic E-state index is 10.1. The first-order valence-corrected chi connectivity index (χ1v) is 6.73. The van der Waals surface area contributed by atoms with Crippen molar-refractivity contribution in [3.8, 4) is 5.75 Å². The van der Waals surface area contributed by atoms with Crippen molar-refractivity contribution in [1.29, 1.82) is 0 Å². The summed E-state index contributed by atoms with van der Waals surface area (Å²) in [6.07, 6.45) is 0. The largest absolute Gasteiger partial charge is 0.508 e. The Kier molecular flexibility index (Phi) is 5.48. The molecular formula is C15H26N2O. The average molecular weight is 250 g/mol. The first-order valence-electron chi connectivity index (χ1n) is 6.73. The Morgan fingerprint density at radius 1 is 1.28 bits per heavy atom. The first-order chi connectivity index (χ1) is 8.45. The van der Waals surface area contributed by atoms with Crippen molar-refractivity contribution in [3.05, 3.63) is 23.8 Å². The van der Waals surface area contributed by atoms with Crippen LogP contribution in [-0.2, 0) is 0 Å². The van der Waals surface area contributed by atoms with Gasteiger partial charge in [0.2, 0.25) is 0 Å². The van der Waals surface area contributed by atoms with Crippen molar-refractivity contribution in [3.63, 3.8) is 0 Å². The highest BCUT2D eigenvalue weighted by Gasteiger charge is 2.11. The summed E-state index contributed by atoms with van der Waals surface area (Å²) >= 11 is 0. The minimum absolute atomic E-state index is 0.180. The summed E-state index contributed by atoms with van der Waals surface area (Å²) in [5.41, 5.74) is 2.02. The monoisotopic (exact) mass is 250 g/mol. The van der Waals surface area contributed by atoms with E-state index in [0.29, 0.717) is 11.7 Å². The van der Waals surface area contributed by atoms with E-state index in [2.05, 4.69) is 51.0 Å². The van der Waals surface area contributed by atoms with E-state index in [1.165, 1.54) is 0 Å². The number of phenolic OH excluding ortho intramolecular Hbond substituents is 1. The van der Waals surface area contributed by atoms with E-state index in [0.717, 1.165) is 24.3 Å². The molecule has 1 aromatic carbocycles. The number of benzene rings is 1. The Labute approximate surface area is 111 Å². The van der Waals surface area contributed by atoms with Gasteiger partial charge in [0, 0.05) is 37.0 Å². The summed E-state index contributed by atoms with van der Waals surface area (Å²) in [7, 11) is 2.06. The van der Waals surface area contributed by atoms with Crippen molar-refractivity contribution >= 4 is 5.69 Å². The fourth-order valence-corrected chi connectivity index (χ4v) is 2.20. The smallest absolute Gasteiger partial charge is 0.122 e. The summed E-state index contributed by atoms with van der Waals surface area (Å²) in [5.74, 6) is 0.981. The van der Waals surface area contributed by atoms with Crippen molar-refractivity contribution in [1.82, 2.24) is 5.32 Å². The molecule has 0 saturated carbocycles. The molecule has 1 aromatic rings. The van der Waals surface area contributed by atoms with Crippen molar-refractivity contribution in [2.24, 2.45) is 5.92 Å². The van der Waals surface area contributed by atoms with E-state index in [-0.39, 0.29) is 6.04 Å². The number of rotatable bonds is 6. The van der Waals surface area contributed by atoms with Crippen molar-refractivity contribution in [2.75, 3.05) is 25.0 Å². The third-order valence-corrected chi connectivity index (χ3v) is 3.07. The van der Waals surface area contributed by atoms with Gasteiger partial charge < -0.3 is 15.3 Å². The molecule has 1 rings (SSSR count). The molecule has 0 amide bonds. The summed E-state index contributed by atoms with van der Waals surface area (Å²) in [6, 6.07) is 6.12. The molecule has 2 N–H and O–H groups in total. The normalized spacial score (nSPS) is 12.8. The predicted molar refractivity (Wildman–Crippen MR) is 78.3 cm³/mol. The minimum atomic E-state index is 0.180. The second-order valence-corrected chi connectivity index (χ2v) is 5.30. The molecule has 0 bridgehead atoms. The van der Waals surface area contributed by atoms with Crippen LogP contribution >= 0.6 is 0 Å². The summed E-state index contributed by atoms with van der Waals surface area (Å²) in [6.45, 7) is 10.4. The molecule has 0 saturated heterocycles. The predicted octanol–water partition coefficient (Wildman–Crippen LogP) is 3.15. The maximum Gasteiger partial charge on any atom is 0.122 e. The topological polar surface area (TPSA) is 35.5 Å². The molecule has 1 atom stereocenters. The highest BCUT2D eigenvalue weighted by atomic mass is 16.3. The molecule has 0 aromatic heterocycles. The molecule has 102 valence electrons. The second kappa shape index (κ2) is 6.64. The van der Waals surface area contributed by atoms with Gasteiger partial charge in [0.05, 0.1) is 0 Å². The molecule has 0 fully saturated rings. The van der Waals surface area contributed by atoms with Crippen LogP contribution in [0.4, 0.5) is 5.69 Å². The Hall–Kier alpha value is -1.22. The first kappa shape index (κ1) is 14.8. The van der Waals surface area contributed by atoms with E-state index in [1.54, 1.807) is 0 Å². The number of nitrogens with one attached hydrogen (secondary N) is 1. The van der Waals surface area contributed by atoms with Crippen LogP contribution in [0.15, 0.2) is 18.2 Å². The van der Waals surface area contributed by atoms with Gasteiger partial charge in [-0.25, -0.2) is 0 Å². The summed E-state index contributed by atoms with van der Waals surface area (Å²) < 4.78 is 0. The van der Waals surface area contributed by atoms with Gasteiger partial charge >= 0.3 is 0 Å². The van der Waals surface area contributed by atoms with Gasteiger partial charge in [-0.05, 0) is 25.5 Å². The molecule has 0 radical (unpaired) electrons. The van der Waals surface area contributed by atoms with E-state index < -0.39 is 0 Å². The number of hydrogen-bond acceptors (Lipinski definition) is 3. The van der Waals surface area contributed by atoms with E-state index in [1.807, 2.05) is 12.1 Å². The molecule has 1 unspecified atom stereocenters. The second-order valence-electron chi connectivity index (χ2n) is 5.30. The van der Waals surface area contributed by atoms with Gasteiger partial charge in [-0.3, -0.25) is 0 Å². The number of nitrogens with zero attached hydrogens (tertiary/aromatic N) is 1. The van der Waals surface area contributed by atoms with Gasteiger partial charge in [0.25, 0.3) is 0 Å². The van der Waals surface area contributed by atoms with Crippen LogP contribution in [0.5, 0.6) is 5.75 Å². The highest BCUT2D eigenvalue weighted by molar-refractivity contribution is 5.53. The lowest BCUT2D eigenvalue weighted by Gasteiger charge is -2.23. The standard InChI is InChI=1S/C15H26N2O/c1-6-16-12(4)14-8-7-13(9-15(14)18)17(5)10-11(2)3/h7-9,11-12,16,18H,6,10H2,1-5H3. The lowest BCUT2D eigenvalue weighted by molar-refractivity contribution is 0.454. The zero-order chi connectivity index (χ0) is 13.7. The third kappa shape index (κ3) is 3.91. The Morgan fingerprint density at radius 2 is 1.94 bits per heavy atom. The van der Waals surface area contributed by atoms with Crippen LogP contribution < -0.4 is 10.2 Å². The quantitative estimate of drug-likeness (QED) is 0.814. The molecule has 0 spiro atoms. The molecule has 0 heterocycles. The summed E-state index contributed by atoms with van der Waals surface area (Å²) in [4.78, 5) is 2.17. The molecule has 0 aliphatic carbocycles. The van der Waals surface area contributed by atoms with Gasteiger partial charge in [-0.15, -0.1) is 0 Å². The number of anilines is 1. The SMILES string of the molecule is CCNC(C)c1ccc(N(C)CC(C)C)cc1O. The van der Waals surface area contributed by atoms with Gasteiger partial charge in [0.1, 0.15) is 5.75 Å². The lowest BCUT2D eigenvalue weighted by Crippen LogP contribution is -2.22. The molecule has 0 aliphatic rings. The number of aromatic hydroxyl groups is 1. The van der Waals surface area contributed by atoms with Crippen molar-refractivity contribution in [2.45, 2.75) is 33.7 Å². The van der Waals surface area contributed by atoms with Crippen LogP contribution in [0.3, 0.4) is 0 Å². The Bertz CT molecular complexity index is 377. The minimum Gasteiger partial charge on any atom is -0.508 e. The zero-order valence-electron chi connectivity index (χ0n) is 12.2. The molecular weight excluding hydrogens is 224 g/mol. The number of phenols is 1. The Morgan fingerprint density at radius 3 is 2.44 bits per heavy atom. The third-order valence-electron chi connectivity index (χ3n) is 3.07. The van der Waals surface area contributed by atoms with Crippen molar-refractivity contribution < 1.29 is 5.11 Å². The van der Waals surface area contributed by atoms with Gasteiger partial charge in [-0.1, -0.05) is 26.8 Å².